The highest BCUT2D eigenvalue weighted by atomic mass is 16.2. The van der Waals surface area contributed by atoms with Gasteiger partial charge in [-0.05, 0) is 55.5 Å². The number of carbonyl (C=O) groups excluding carboxylic acids is 1. The molecule has 1 N–H and O–H groups in total. The minimum atomic E-state index is 0.0135. The van der Waals surface area contributed by atoms with Crippen molar-refractivity contribution in [2.45, 2.75) is 52.4 Å². The van der Waals surface area contributed by atoms with E-state index in [2.05, 4.69) is 67.6 Å². The number of likely N-dealkylation sites (tertiary alicyclic amines) is 1. The average molecular weight is 384 g/mol. The molecule has 6 heteroatoms. The molecular formula is C22H33N5O. The van der Waals surface area contributed by atoms with Crippen LogP contribution in [0.4, 0.5) is 0 Å². The molecule has 1 aliphatic heterocycles. The second-order valence-corrected chi connectivity index (χ2v) is 8.81. The number of aromatic nitrogens is 3. The molecule has 1 fully saturated rings. The van der Waals surface area contributed by atoms with Crippen molar-refractivity contribution in [2.24, 2.45) is 5.92 Å². The summed E-state index contributed by atoms with van der Waals surface area (Å²) in [6, 6.07) is 8.41. The summed E-state index contributed by atoms with van der Waals surface area (Å²) in [4.78, 5) is 15.0. The van der Waals surface area contributed by atoms with Gasteiger partial charge >= 0.3 is 0 Å². The van der Waals surface area contributed by atoms with E-state index in [0.717, 1.165) is 50.3 Å². The lowest BCUT2D eigenvalue weighted by Crippen LogP contribution is -2.31. The van der Waals surface area contributed by atoms with Crippen LogP contribution in [0.25, 0.3) is 5.69 Å². The molecule has 6 nitrogen and oxygen atoms in total. The first-order valence-corrected chi connectivity index (χ1v) is 10.3. The number of amides is 1. The molecule has 1 aromatic carbocycles. The van der Waals surface area contributed by atoms with Crippen LogP contribution in [-0.2, 0) is 11.8 Å². The number of hydrogen-bond donors (Lipinski definition) is 1. The zero-order valence-corrected chi connectivity index (χ0v) is 17.8. The molecule has 0 saturated carbocycles. The van der Waals surface area contributed by atoms with Crippen molar-refractivity contribution >= 4 is 5.91 Å². The maximum Gasteiger partial charge on any atom is 0.276 e. The molecule has 0 aliphatic carbocycles. The maximum atomic E-state index is 13.1. The number of carbonyl (C=O) groups is 1. The van der Waals surface area contributed by atoms with Crippen molar-refractivity contribution < 1.29 is 4.79 Å². The highest BCUT2D eigenvalue weighted by Gasteiger charge is 2.30. The van der Waals surface area contributed by atoms with Crippen molar-refractivity contribution in [3.8, 4) is 5.69 Å². The summed E-state index contributed by atoms with van der Waals surface area (Å²) < 4.78 is 1.84. The van der Waals surface area contributed by atoms with Gasteiger partial charge in [0.2, 0.25) is 0 Å². The van der Waals surface area contributed by atoms with E-state index in [1.54, 1.807) is 0 Å². The van der Waals surface area contributed by atoms with E-state index < -0.39 is 0 Å². The van der Waals surface area contributed by atoms with Crippen molar-refractivity contribution in [2.75, 3.05) is 26.7 Å². The third-order valence-electron chi connectivity index (χ3n) is 5.50. The molecule has 1 saturated heterocycles. The van der Waals surface area contributed by atoms with Gasteiger partial charge in [0.25, 0.3) is 5.91 Å². The molecule has 3 rings (SSSR count). The molecule has 1 atom stereocenters. The van der Waals surface area contributed by atoms with E-state index in [4.69, 9.17) is 0 Å². The van der Waals surface area contributed by atoms with Crippen LogP contribution in [0.3, 0.4) is 0 Å². The Kier molecular flexibility index (Phi) is 6.18. The largest absolute Gasteiger partial charge is 0.337 e. The molecule has 152 valence electrons. The lowest BCUT2D eigenvalue weighted by molar-refractivity contribution is 0.0780. The predicted octanol–water partition coefficient (Wildman–Crippen LogP) is 3.20. The summed E-state index contributed by atoms with van der Waals surface area (Å²) in [5.41, 5.74) is 3.75. The Morgan fingerprint density at radius 1 is 1.25 bits per heavy atom. The molecule has 1 aromatic heterocycles. The normalized spacial score (nSPS) is 17.3. The molecule has 2 heterocycles. The van der Waals surface area contributed by atoms with E-state index in [1.807, 2.05) is 16.6 Å². The van der Waals surface area contributed by atoms with Gasteiger partial charge in [-0.15, -0.1) is 5.10 Å². The van der Waals surface area contributed by atoms with Crippen molar-refractivity contribution in [3.05, 3.63) is 41.2 Å². The van der Waals surface area contributed by atoms with Gasteiger partial charge in [-0.3, -0.25) is 4.79 Å². The molecule has 1 aliphatic rings. The molecule has 1 unspecified atom stereocenters. The first-order chi connectivity index (χ1) is 13.3. The van der Waals surface area contributed by atoms with E-state index in [1.165, 1.54) is 5.56 Å². The van der Waals surface area contributed by atoms with Crippen LogP contribution in [0.1, 0.15) is 62.3 Å². The summed E-state index contributed by atoms with van der Waals surface area (Å²) >= 11 is 0. The number of nitrogens with zero attached hydrogens (tertiary/aromatic N) is 4. The highest BCUT2D eigenvalue weighted by Crippen LogP contribution is 2.25. The quantitative estimate of drug-likeness (QED) is 0.832. The second kappa shape index (κ2) is 8.43. The van der Waals surface area contributed by atoms with E-state index in [-0.39, 0.29) is 11.3 Å². The molecule has 0 spiro atoms. The van der Waals surface area contributed by atoms with E-state index >= 15 is 0 Å². The second-order valence-electron chi connectivity index (χ2n) is 8.81. The van der Waals surface area contributed by atoms with Crippen molar-refractivity contribution in [3.63, 3.8) is 0 Å². The SMILES string of the molecule is CCCc1c(C(=O)N2CCC(CNC)C2)nnn1-c1ccc(C(C)(C)C)cc1. The van der Waals surface area contributed by atoms with Gasteiger partial charge in [0, 0.05) is 13.1 Å². The average Bonchev–Trinajstić information content (AvgIpc) is 3.29. The van der Waals surface area contributed by atoms with Gasteiger partial charge in [-0.1, -0.05) is 51.5 Å². The zero-order chi connectivity index (χ0) is 20.3. The fraction of sp³-hybridized carbons (Fsp3) is 0.591. The third-order valence-corrected chi connectivity index (χ3v) is 5.50. The monoisotopic (exact) mass is 383 g/mol. The molecular weight excluding hydrogens is 350 g/mol. The van der Waals surface area contributed by atoms with Crippen LogP contribution < -0.4 is 5.32 Å². The van der Waals surface area contributed by atoms with Gasteiger partial charge in [0.05, 0.1) is 11.4 Å². The Hall–Kier alpha value is -2.21. The van der Waals surface area contributed by atoms with Crippen LogP contribution in [-0.4, -0.2) is 52.5 Å². The minimum absolute atomic E-state index is 0.0135. The van der Waals surface area contributed by atoms with Gasteiger partial charge in [0.15, 0.2) is 5.69 Å². The Labute approximate surface area is 168 Å². The molecule has 0 bridgehead atoms. The Bertz CT molecular complexity index is 803. The molecule has 1 amide bonds. The maximum absolute atomic E-state index is 13.1. The van der Waals surface area contributed by atoms with Crippen LogP contribution in [0.15, 0.2) is 24.3 Å². The summed E-state index contributed by atoms with van der Waals surface area (Å²) in [6.07, 6.45) is 2.76. The number of nitrogens with one attached hydrogen (secondary N) is 1. The molecule has 0 radical (unpaired) electrons. The van der Waals surface area contributed by atoms with Gasteiger partial charge in [0.1, 0.15) is 0 Å². The highest BCUT2D eigenvalue weighted by molar-refractivity contribution is 5.93. The Balaban J connectivity index is 1.87. The molecule has 2 aromatic rings. The smallest absolute Gasteiger partial charge is 0.276 e. The summed E-state index contributed by atoms with van der Waals surface area (Å²) in [6.45, 7) is 11.3. The fourth-order valence-electron chi connectivity index (χ4n) is 3.86. The summed E-state index contributed by atoms with van der Waals surface area (Å²) in [7, 11) is 1.96. The van der Waals surface area contributed by atoms with Crippen molar-refractivity contribution in [1.82, 2.24) is 25.2 Å². The standard InChI is InChI=1S/C22H33N5O/c1-6-7-19-20(21(28)26-13-12-16(15-26)14-23-5)24-25-27(19)18-10-8-17(9-11-18)22(2,3)4/h8-11,16,23H,6-7,12-15H2,1-5H3. The summed E-state index contributed by atoms with van der Waals surface area (Å²) in [5.74, 6) is 0.531. The van der Waals surface area contributed by atoms with E-state index in [0.29, 0.717) is 11.6 Å². The lowest BCUT2D eigenvalue weighted by Gasteiger charge is -2.19. The fourth-order valence-corrected chi connectivity index (χ4v) is 3.86. The zero-order valence-electron chi connectivity index (χ0n) is 17.8. The lowest BCUT2D eigenvalue weighted by atomic mass is 9.87. The van der Waals surface area contributed by atoms with Gasteiger partial charge in [-0.2, -0.15) is 0 Å². The van der Waals surface area contributed by atoms with Crippen LogP contribution in [0.2, 0.25) is 0 Å². The first kappa shape index (κ1) is 20.5. The van der Waals surface area contributed by atoms with E-state index in [9.17, 15) is 4.79 Å². The number of benzene rings is 1. The van der Waals surface area contributed by atoms with Gasteiger partial charge < -0.3 is 10.2 Å². The number of rotatable bonds is 6. The van der Waals surface area contributed by atoms with Crippen LogP contribution in [0.5, 0.6) is 0 Å². The predicted molar refractivity (Wildman–Crippen MR) is 112 cm³/mol. The molecule has 28 heavy (non-hydrogen) atoms. The summed E-state index contributed by atoms with van der Waals surface area (Å²) in [5, 5.41) is 11.9. The van der Waals surface area contributed by atoms with Gasteiger partial charge in [-0.25, -0.2) is 4.68 Å². The topological polar surface area (TPSA) is 63.1 Å². The third kappa shape index (κ3) is 4.27. The minimum Gasteiger partial charge on any atom is -0.337 e. The van der Waals surface area contributed by atoms with Crippen LogP contribution >= 0.6 is 0 Å². The number of hydrogen-bond acceptors (Lipinski definition) is 4. The van der Waals surface area contributed by atoms with Crippen molar-refractivity contribution in [1.29, 1.82) is 0 Å². The Morgan fingerprint density at radius 2 is 1.96 bits per heavy atom. The Morgan fingerprint density at radius 3 is 2.57 bits per heavy atom. The first-order valence-electron chi connectivity index (χ1n) is 10.3. The van der Waals surface area contributed by atoms with Crippen LogP contribution in [0, 0.1) is 5.92 Å².